The predicted molar refractivity (Wildman–Crippen MR) is 73.4 cm³/mol. The van der Waals surface area contributed by atoms with E-state index in [0.29, 0.717) is 0 Å². The Labute approximate surface area is 119 Å². The molecule has 0 unspecified atom stereocenters. The molecule has 1 heterocycles. The van der Waals surface area contributed by atoms with E-state index >= 15 is 0 Å². The van der Waals surface area contributed by atoms with Crippen LogP contribution >= 0.6 is 0 Å². The number of benzene rings is 1. The number of ether oxygens (including phenoxy) is 1. The monoisotopic (exact) mass is 292 g/mol. The number of amides is 1. The minimum absolute atomic E-state index is 0.0291. The van der Waals surface area contributed by atoms with Gasteiger partial charge in [-0.3, -0.25) is 20.4 Å². The molecule has 0 bridgehead atoms. The Hall–Kier alpha value is -2.83. The van der Waals surface area contributed by atoms with Gasteiger partial charge in [0.15, 0.2) is 6.61 Å². The number of hydrogen-bond donors (Lipinski definition) is 2. The Morgan fingerprint density at radius 3 is 2.81 bits per heavy atom. The first-order valence-corrected chi connectivity index (χ1v) is 6.08. The van der Waals surface area contributed by atoms with Crippen molar-refractivity contribution < 1.29 is 18.3 Å². The smallest absolute Gasteiger partial charge is 0.276 e. The zero-order valence-corrected chi connectivity index (χ0v) is 11.2. The number of carbonyl (C=O) groups excluding carboxylic acids is 1. The summed E-state index contributed by atoms with van der Waals surface area (Å²) in [7, 11) is 0. The molecule has 2 aromatic rings. The second-order valence-electron chi connectivity index (χ2n) is 4.11. The van der Waals surface area contributed by atoms with Crippen LogP contribution in [0.25, 0.3) is 0 Å². The van der Waals surface area contributed by atoms with E-state index in [9.17, 15) is 14.0 Å². The Morgan fingerprint density at radius 1 is 1.33 bits per heavy atom. The molecule has 0 radical (unpaired) electrons. The topological polar surface area (TPSA) is 80.6 Å². The van der Waals surface area contributed by atoms with E-state index in [1.807, 2.05) is 0 Å². The van der Waals surface area contributed by atoms with E-state index in [4.69, 9.17) is 9.15 Å². The molecule has 6 nitrogen and oxygen atoms in total. The number of nitrogens with one attached hydrogen (secondary N) is 2. The lowest BCUT2D eigenvalue weighted by Gasteiger charge is -2.10. The predicted octanol–water partition coefficient (Wildman–Crippen LogP) is 1.61. The zero-order chi connectivity index (χ0) is 15.2. The fourth-order valence-electron chi connectivity index (χ4n) is 1.55. The standard InChI is InChI=1S/C14H13FN2O4/c1-9-14(12(18)6-7-20-9)21-8-13(19)17-16-11-5-3-2-4-10(11)15/h2-7,16H,8H2,1H3,(H,17,19). The quantitative estimate of drug-likeness (QED) is 0.818. The first-order chi connectivity index (χ1) is 10.1. The van der Waals surface area contributed by atoms with Gasteiger partial charge in [-0.15, -0.1) is 0 Å². The average molecular weight is 292 g/mol. The number of halogens is 1. The minimum Gasteiger partial charge on any atom is -0.476 e. The maximum absolute atomic E-state index is 13.3. The molecule has 0 atom stereocenters. The lowest BCUT2D eigenvalue weighted by Crippen LogP contribution is -2.34. The van der Waals surface area contributed by atoms with Crippen LogP contribution in [0.4, 0.5) is 10.1 Å². The van der Waals surface area contributed by atoms with E-state index in [2.05, 4.69) is 10.9 Å². The average Bonchev–Trinajstić information content (AvgIpc) is 2.46. The van der Waals surface area contributed by atoms with Crippen molar-refractivity contribution in [2.45, 2.75) is 6.92 Å². The van der Waals surface area contributed by atoms with Crippen molar-refractivity contribution in [2.24, 2.45) is 0 Å². The molecule has 0 aliphatic rings. The molecule has 21 heavy (non-hydrogen) atoms. The summed E-state index contributed by atoms with van der Waals surface area (Å²) < 4.78 is 23.4. The maximum atomic E-state index is 13.3. The molecule has 0 fully saturated rings. The van der Waals surface area contributed by atoms with E-state index in [-0.39, 0.29) is 22.6 Å². The molecule has 0 saturated heterocycles. The summed E-state index contributed by atoms with van der Waals surface area (Å²) in [6, 6.07) is 7.06. The van der Waals surface area contributed by atoms with E-state index in [1.54, 1.807) is 13.0 Å². The molecule has 2 N–H and O–H groups in total. The highest BCUT2D eigenvalue weighted by molar-refractivity contribution is 5.78. The van der Waals surface area contributed by atoms with Crippen molar-refractivity contribution in [3.8, 4) is 5.75 Å². The van der Waals surface area contributed by atoms with Gasteiger partial charge in [-0.25, -0.2) is 4.39 Å². The van der Waals surface area contributed by atoms with Gasteiger partial charge < -0.3 is 9.15 Å². The number of anilines is 1. The van der Waals surface area contributed by atoms with Gasteiger partial charge in [0.1, 0.15) is 11.6 Å². The molecule has 0 aliphatic heterocycles. The number of carbonyl (C=O) groups is 1. The summed E-state index contributed by atoms with van der Waals surface area (Å²) in [4.78, 5) is 23.1. The lowest BCUT2D eigenvalue weighted by atomic mass is 10.3. The number of para-hydroxylation sites is 1. The summed E-state index contributed by atoms with van der Waals surface area (Å²) in [6.07, 6.45) is 1.24. The molecule has 1 aromatic carbocycles. The third-order valence-electron chi connectivity index (χ3n) is 2.57. The van der Waals surface area contributed by atoms with Crippen LogP contribution in [-0.4, -0.2) is 12.5 Å². The maximum Gasteiger partial charge on any atom is 0.276 e. The highest BCUT2D eigenvalue weighted by atomic mass is 19.1. The molecular weight excluding hydrogens is 279 g/mol. The molecule has 1 aromatic heterocycles. The van der Waals surface area contributed by atoms with Crippen LogP contribution in [0.3, 0.4) is 0 Å². The van der Waals surface area contributed by atoms with E-state index < -0.39 is 18.3 Å². The first kappa shape index (κ1) is 14.6. The second-order valence-corrected chi connectivity index (χ2v) is 4.11. The number of rotatable bonds is 5. The van der Waals surface area contributed by atoms with Gasteiger partial charge in [0, 0.05) is 6.07 Å². The van der Waals surface area contributed by atoms with Crippen LogP contribution in [0.1, 0.15) is 5.76 Å². The molecule has 2 rings (SSSR count). The highest BCUT2D eigenvalue weighted by Gasteiger charge is 2.09. The van der Waals surface area contributed by atoms with E-state index in [1.165, 1.54) is 30.5 Å². The van der Waals surface area contributed by atoms with Gasteiger partial charge in [-0.2, -0.15) is 0 Å². The van der Waals surface area contributed by atoms with Crippen LogP contribution in [0.2, 0.25) is 0 Å². The first-order valence-electron chi connectivity index (χ1n) is 6.08. The van der Waals surface area contributed by atoms with Crippen LogP contribution in [0.15, 0.2) is 45.8 Å². The van der Waals surface area contributed by atoms with Gasteiger partial charge >= 0.3 is 0 Å². The third-order valence-corrected chi connectivity index (χ3v) is 2.57. The number of hydrogen-bond acceptors (Lipinski definition) is 5. The fraction of sp³-hybridized carbons (Fsp3) is 0.143. The Morgan fingerprint density at radius 2 is 2.10 bits per heavy atom. The van der Waals surface area contributed by atoms with Gasteiger partial charge in [0.05, 0.1) is 12.0 Å². The van der Waals surface area contributed by atoms with Crippen molar-refractivity contribution in [3.05, 3.63) is 58.4 Å². The number of hydrazine groups is 1. The molecule has 0 saturated carbocycles. The summed E-state index contributed by atoms with van der Waals surface area (Å²) >= 11 is 0. The summed E-state index contributed by atoms with van der Waals surface area (Å²) in [5, 5.41) is 0. The highest BCUT2D eigenvalue weighted by Crippen LogP contribution is 2.11. The van der Waals surface area contributed by atoms with Crippen molar-refractivity contribution >= 4 is 11.6 Å². The molecule has 7 heteroatoms. The van der Waals surface area contributed by atoms with Crippen molar-refractivity contribution in [2.75, 3.05) is 12.0 Å². The molecule has 0 aliphatic carbocycles. The summed E-state index contributed by atoms with van der Waals surface area (Å²) in [6.45, 7) is 1.14. The van der Waals surface area contributed by atoms with Crippen LogP contribution in [0.5, 0.6) is 5.75 Å². The molecule has 0 spiro atoms. The molecule has 110 valence electrons. The van der Waals surface area contributed by atoms with Gasteiger partial charge in [-0.1, -0.05) is 12.1 Å². The van der Waals surface area contributed by atoms with Crippen molar-refractivity contribution in [3.63, 3.8) is 0 Å². The van der Waals surface area contributed by atoms with Crippen molar-refractivity contribution in [1.82, 2.24) is 5.43 Å². The van der Waals surface area contributed by atoms with Crippen LogP contribution < -0.4 is 21.0 Å². The summed E-state index contributed by atoms with van der Waals surface area (Å²) in [5.41, 5.74) is 4.43. The normalized spacial score (nSPS) is 10.0. The lowest BCUT2D eigenvalue weighted by molar-refractivity contribution is -0.122. The zero-order valence-electron chi connectivity index (χ0n) is 11.2. The second kappa shape index (κ2) is 6.56. The van der Waals surface area contributed by atoms with Crippen LogP contribution in [-0.2, 0) is 4.79 Å². The van der Waals surface area contributed by atoms with Crippen LogP contribution in [0, 0.1) is 12.7 Å². The minimum atomic E-state index is -0.569. The van der Waals surface area contributed by atoms with Gasteiger partial charge in [0.25, 0.3) is 5.91 Å². The van der Waals surface area contributed by atoms with Gasteiger partial charge in [0.2, 0.25) is 11.2 Å². The Balaban J connectivity index is 1.88. The number of aryl methyl sites for hydroxylation is 1. The summed E-state index contributed by atoms with van der Waals surface area (Å²) in [5.74, 6) is -0.824. The third kappa shape index (κ3) is 3.82. The molecule has 1 amide bonds. The van der Waals surface area contributed by atoms with Gasteiger partial charge in [-0.05, 0) is 19.1 Å². The fourth-order valence-corrected chi connectivity index (χ4v) is 1.55. The Bertz CT molecular complexity index is 699. The van der Waals surface area contributed by atoms with E-state index in [0.717, 1.165) is 0 Å². The largest absolute Gasteiger partial charge is 0.476 e. The molecular formula is C14H13FN2O4. The van der Waals surface area contributed by atoms with Crippen molar-refractivity contribution in [1.29, 1.82) is 0 Å². The SMILES string of the molecule is Cc1occc(=O)c1OCC(=O)NNc1ccccc1F. The Kier molecular flexibility index (Phi) is 4.55.